The van der Waals surface area contributed by atoms with Crippen LogP contribution in [0.5, 0.6) is 5.75 Å². The zero-order valence-electron chi connectivity index (χ0n) is 20.2. The summed E-state index contributed by atoms with van der Waals surface area (Å²) >= 11 is 1.61. The number of ether oxygens (including phenoxy) is 1. The molecule has 1 aromatic heterocycles. The van der Waals surface area contributed by atoms with Gasteiger partial charge in [-0.1, -0.05) is 39.0 Å². The number of anilines is 1. The molecule has 2 aromatic carbocycles. The molecule has 3 aromatic rings. The Hall–Kier alpha value is -3.45. The number of rotatable bonds is 7. The van der Waals surface area contributed by atoms with Crippen molar-refractivity contribution >= 4 is 40.1 Å². The summed E-state index contributed by atoms with van der Waals surface area (Å²) in [6, 6.07) is 16.5. The number of fused-ring (bicyclic) bond motifs is 1. The van der Waals surface area contributed by atoms with Gasteiger partial charge in [-0.15, -0.1) is 11.3 Å². The van der Waals surface area contributed by atoms with Gasteiger partial charge in [-0.2, -0.15) is 0 Å². The van der Waals surface area contributed by atoms with Crippen LogP contribution < -0.4 is 10.1 Å². The molecule has 1 aliphatic rings. The Labute approximate surface area is 209 Å². The van der Waals surface area contributed by atoms with Crippen LogP contribution in [0.15, 0.2) is 59.6 Å². The Morgan fingerprint density at radius 3 is 2.51 bits per heavy atom. The molecule has 1 heterocycles. The van der Waals surface area contributed by atoms with E-state index in [1.165, 1.54) is 4.88 Å². The lowest BCUT2D eigenvalue weighted by Crippen LogP contribution is -2.27. The van der Waals surface area contributed by atoms with Gasteiger partial charge in [0.2, 0.25) is 0 Å². The average Bonchev–Trinajstić information content (AvgIpc) is 3.20. The first-order valence-corrected chi connectivity index (χ1v) is 12.5. The standard InChI is InChI=1S/C28H30N2O4S/c1-28(2,3)19-11-14-22-23(15-19)35-27(25(22)26(33)30-20-7-5-4-6-8-20)29-16-18-9-12-21(13-10-18)34-17-24(31)32/h4-10,12-13,16,19H,11,14-15,17H2,1-3H3,(H,30,33)(H,31,32)/t19-/m1/s1. The SMILES string of the molecule is CC(C)(C)[C@@H]1CCc2c(sc(N=Cc3ccc(OCC(=O)O)cc3)c2C(=O)Nc2ccccc2)C1. The van der Waals surface area contributed by atoms with E-state index in [1.807, 2.05) is 42.5 Å². The van der Waals surface area contributed by atoms with Crippen LogP contribution in [-0.4, -0.2) is 29.8 Å². The van der Waals surface area contributed by atoms with Gasteiger partial charge in [0.05, 0.1) is 5.56 Å². The Kier molecular flexibility index (Phi) is 7.36. The number of thiophene rings is 1. The van der Waals surface area contributed by atoms with E-state index in [2.05, 4.69) is 26.1 Å². The molecule has 0 saturated heterocycles. The van der Waals surface area contributed by atoms with Gasteiger partial charge in [0, 0.05) is 16.8 Å². The average molecular weight is 491 g/mol. The smallest absolute Gasteiger partial charge is 0.341 e. The van der Waals surface area contributed by atoms with Gasteiger partial charge < -0.3 is 15.2 Å². The van der Waals surface area contributed by atoms with E-state index in [4.69, 9.17) is 14.8 Å². The highest BCUT2D eigenvalue weighted by atomic mass is 32.1. The largest absolute Gasteiger partial charge is 0.482 e. The Morgan fingerprint density at radius 2 is 1.86 bits per heavy atom. The first-order chi connectivity index (χ1) is 16.7. The maximum absolute atomic E-state index is 13.4. The fourth-order valence-electron chi connectivity index (χ4n) is 4.28. The van der Waals surface area contributed by atoms with Crippen molar-refractivity contribution in [3.8, 4) is 5.75 Å². The maximum atomic E-state index is 13.4. The van der Waals surface area contributed by atoms with Crippen molar-refractivity contribution in [2.75, 3.05) is 11.9 Å². The minimum atomic E-state index is -1.02. The van der Waals surface area contributed by atoms with Gasteiger partial charge in [-0.3, -0.25) is 4.79 Å². The van der Waals surface area contributed by atoms with Crippen LogP contribution in [0, 0.1) is 11.3 Å². The van der Waals surface area contributed by atoms with E-state index in [1.54, 1.807) is 29.7 Å². The zero-order chi connectivity index (χ0) is 25.0. The number of carboxylic acid groups (broad SMARTS) is 1. The Bertz CT molecular complexity index is 1220. The lowest BCUT2D eigenvalue weighted by Gasteiger charge is -2.33. The highest BCUT2D eigenvalue weighted by molar-refractivity contribution is 7.16. The van der Waals surface area contributed by atoms with E-state index in [0.717, 1.165) is 36.1 Å². The topological polar surface area (TPSA) is 88.0 Å². The molecule has 1 aliphatic carbocycles. The molecule has 0 spiro atoms. The molecule has 182 valence electrons. The second-order valence-corrected chi connectivity index (χ2v) is 10.9. The number of para-hydroxylation sites is 1. The molecule has 7 heteroatoms. The Morgan fingerprint density at radius 1 is 1.14 bits per heavy atom. The number of carbonyl (C=O) groups excluding carboxylic acids is 1. The number of carboxylic acids is 1. The number of nitrogens with one attached hydrogen (secondary N) is 1. The van der Waals surface area contributed by atoms with Crippen molar-refractivity contribution in [1.82, 2.24) is 0 Å². The quantitative estimate of drug-likeness (QED) is 0.377. The van der Waals surface area contributed by atoms with Crippen molar-refractivity contribution in [2.45, 2.75) is 40.0 Å². The lowest BCUT2D eigenvalue weighted by atomic mass is 9.72. The summed E-state index contributed by atoms with van der Waals surface area (Å²) in [6.07, 6.45) is 4.62. The highest BCUT2D eigenvalue weighted by Gasteiger charge is 2.33. The number of nitrogens with zero attached hydrogens (tertiary/aromatic N) is 1. The molecular formula is C28H30N2O4S. The molecule has 0 aliphatic heterocycles. The third-order valence-electron chi connectivity index (χ3n) is 6.30. The fourth-order valence-corrected chi connectivity index (χ4v) is 5.55. The van der Waals surface area contributed by atoms with Gasteiger partial charge in [0.15, 0.2) is 6.61 Å². The predicted octanol–water partition coefficient (Wildman–Crippen LogP) is 6.37. The second kappa shape index (κ2) is 10.4. The van der Waals surface area contributed by atoms with Crippen LogP contribution >= 0.6 is 11.3 Å². The van der Waals surface area contributed by atoms with Crippen LogP contribution in [0.4, 0.5) is 10.7 Å². The van der Waals surface area contributed by atoms with Crippen LogP contribution in [0.25, 0.3) is 0 Å². The molecule has 0 bridgehead atoms. The molecule has 0 unspecified atom stereocenters. The summed E-state index contributed by atoms with van der Waals surface area (Å²) in [5, 5.41) is 12.5. The molecule has 2 N–H and O–H groups in total. The molecule has 1 amide bonds. The monoisotopic (exact) mass is 490 g/mol. The molecular weight excluding hydrogens is 460 g/mol. The van der Waals surface area contributed by atoms with Crippen molar-refractivity contribution in [3.05, 3.63) is 76.2 Å². The minimum Gasteiger partial charge on any atom is -0.482 e. The first-order valence-electron chi connectivity index (χ1n) is 11.7. The van der Waals surface area contributed by atoms with Crippen LogP contribution in [0.3, 0.4) is 0 Å². The third-order valence-corrected chi connectivity index (χ3v) is 7.47. The maximum Gasteiger partial charge on any atom is 0.341 e. The summed E-state index contributed by atoms with van der Waals surface area (Å²) in [6.45, 7) is 6.45. The lowest BCUT2D eigenvalue weighted by molar-refractivity contribution is -0.139. The van der Waals surface area contributed by atoms with Crippen LogP contribution in [0.2, 0.25) is 0 Å². The van der Waals surface area contributed by atoms with E-state index >= 15 is 0 Å². The van der Waals surface area contributed by atoms with E-state index < -0.39 is 5.97 Å². The molecule has 35 heavy (non-hydrogen) atoms. The van der Waals surface area contributed by atoms with Crippen molar-refractivity contribution in [3.63, 3.8) is 0 Å². The van der Waals surface area contributed by atoms with Crippen LogP contribution in [0.1, 0.15) is 53.6 Å². The Balaban J connectivity index is 1.62. The van der Waals surface area contributed by atoms with Gasteiger partial charge >= 0.3 is 5.97 Å². The van der Waals surface area contributed by atoms with Crippen LogP contribution in [-0.2, 0) is 17.6 Å². The van der Waals surface area contributed by atoms with Gasteiger partial charge in [0.1, 0.15) is 10.8 Å². The fraction of sp³-hybridized carbons (Fsp3) is 0.321. The van der Waals surface area contributed by atoms with Gasteiger partial charge in [-0.25, -0.2) is 9.79 Å². The molecule has 4 rings (SSSR count). The first kappa shape index (κ1) is 24.7. The molecule has 0 fully saturated rings. The molecule has 1 atom stereocenters. The summed E-state index contributed by atoms with van der Waals surface area (Å²) in [4.78, 5) is 30.1. The molecule has 6 nitrogen and oxygen atoms in total. The predicted molar refractivity (Wildman–Crippen MR) is 141 cm³/mol. The molecule has 0 saturated carbocycles. The third kappa shape index (κ3) is 6.17. The second-order valence-electron chi connectivity index (χ2n) is 9.82. The van der Waals surface area contributed by atoms with Gasteiger partial charge in [-0.05, 0) is 78.1 Å². The number of aliphatic carboxylic acids is 1. The summed E-state index contributed by atoms with van der Waals surface area (Å²) in [7, 11) is 0. The zero-order valence-corrected chi connectivity index (χ0v) is 21.0. The number of carbonyl (C=O) groups is 2. The summed E-state index contributed by atoms with van der Waals surface area (Å²) in [5.74, 6) is -0.110. The number of aliphatic imine (C=N–C) groups is 1. The van der Waals surface area contributed by atoms with Crippen molar-refractivity contribution in [2.24, 2.45) is 16.3 Å². The normalized spacial score (nSPS) is 15.6. The highest BCUT2D eigenvalue weighted by Crippen LogP contribution is 2.45. The van der Waals surface area contributed by atoms with E-state index in [9.17, 15) is 9.59 Å². The van der Waals surface area contributed by atoms with Crippen molar-refractivity contribution in [1.29, 1.82) is 0 Å². The van der Waals surface area contributed by atoms with E-state index in [0.29, 0.717) is 22.2 Å². The number of hydrogen-bond acceptors (Lipinski definition) is 5. The summed E-state index contributed by atoms with van der Waals surface area (Å²) in [5.41, 5.74) is 3.59. The number of amides is 1. The van der Waals surface area contributed by atoms with Gasteiger partial charge in [0.25, 0.3) is 5.91 Å². The van der Waals surface area contributed by atoms with E-state index in [-0.39, 0.29) is 17.9 Å². The minimum absolute atomic E-state index is 0.132. The number of hydrogen-bond donors (Lipinski definition) is 2. The number of benzene rings is 2. The summed E-state index contributed by atoms with van der Waals surface area (Å²) < 4.78 is 5.19. The van der Waals surface area contributed by atoms with Crippen molar-refractivity contribution < 1.29 is 19.4 Å². The molecule has 0 radical (unpaired) electrons.